The minimum absolute atomic E-state index is 0.0978. The Balaban J connectivity index is 2.30. The molecule has 1 atom stereocenters. The van der Waals surface area contributed by atoms with Crippen molar-refractivity contribution in [2.24, 2.45) is 5.73 Å². The lowest BCUT2D eigenvalue weighted by atomic mass is 10.1. The van der Waals surface area contributed by atoms with Crippen LogP contribution in [0.1, 0.15) is 5.56 Å². The Kier molecular flexibility index (Phi) is 3.29. The second kappa shape index (κ2) is 4.89. The highest BCUT2D eigenvalue weighted by Gasteiger charge is 2.13. The summed E-state index contributed by atoms with van der Waals surface area (Å²) >= 11 is 0. The van der Waals surface area contributed by atoms with E-state index in [4.69, 9.17) is 10.8 Å². The highest BCUT2D eigenvalue weighted by atomic mass is 16.4. The van der Waals surface area contributed by atoms with Gasteiger partial charge in [-0.05, 0) is 24.1 Å². The number of rotatable bonds is 4. The summed E-state index contributed by atoms with van der Waals surface area (Å²) in [4.78, 5) is 14.6. The van der Waals surface area contributed by atoms with E-state index in [1.807, 2.05) is 0 Å². The molecule has 0 amide bonds. The smallest absolute Gasteiger partial charge is 0.320 e. The van der Waals surface area contributed by atoms with Gasteiger partial charge in [0.1, 0.15) is 11.8 Å². The summed E-state index contributed by atoms with van der Waals surface area (Å²) < 4.78 is 1.64. The van der Waals surface area contributed by atoms with E-state index in [1.165, 1.54) is 6.07 Å². The van der Waals surface area contributed by atoms with E-state index in [2.05, 4.69) is 4.98 Å². The molecule has 2 aromatic rings. The molecule has 1 aromatic heterocycles. The van der Waals surface area contributed by atoms with Gasteiger partial charge >= 0.3 is 5.97 Å². The van der Waals surface area contributed by atoms with Gasteiger partial charge < -0.3 is 20.5 Å². The van der Waals surface area contributed by atoms with Crippen LogP contribution in [0.5, 0.6) is 5.75 Å². The second-order valence-electron chi connectivity index (χ2n) is 3.94. The van der Waals surface area contributed by atoms with Crippen molar-refractivity contribution in [2.75, 3.05) is 0 Å². The molecule has 0 saturated carbocycles. The molecule has 0 fully saturated rings. The van der Waals surface area contributed by atoms with E-state index >= 15 is 0 Å². The van der Waals surface area contributed by atoms with Crippen LogP contribution in [0.3, 0.4) is 0 Å². The third kappa shape index (κ3) is 2.49. The van der Waals surface area contributed by atoms with Crippen molar-refractivity contribution in [1.82, 2.24) is 9.55 Å². The molecule has 6 nitrogen and oxygen atoms in total. The molecule has 0 bridgehead atoms. The first kappa shape index (κ1) is 12.1. The average Bonchev–Trinajstić information content (AvgIpc) is 2.85. The Bertz CT molecular complexity index is 552. The number of imidazole rings is 1. The number of phenolic OH excluding ortho intramolecular Hbond substituents is 1. The SMILES string of the molecule is NC(Cc1ccc(O)c(-n2ccnc2)c1)C(=O)O. The molecular weight excluding hydrogens is 234 g/mol. The van der Waals surface area contributed by atoms with Crippen LogP contribution < -0.4 is 5.73 Å². The van der Waals surface area contributed by atoms with Crippen molar-refractivity contribution in [2.45, 2.75) is 12.5 Å². The van der Waals surface area contributed by atoms with Gasteiger partial charge in [-0.15, -0.1) is 0 Å². The maximum absolute atomic E-state index is 10.7. The molecule has 94 valence electrons. The van der Waals surface area contributed by atoms with Gasteiger partial charge in [-0.1, -0.05) is 6.07 Å². The fraction of sp³-hybridized carbons (Fsp3) is 0.167. The highest BCUT2D eigenvalue weighted by Crippen LogP contribution is 2.23. The summed E-state index contributed by atoms with van der Waals surface area (Å²) in [7, 11) is 0. The summed E-state index contributed by atoms with van der Waals surface area (Å²) in [5.41, 5.74) is 6.76. The van der Waals surface area contributed by atoms with Crippen molar-refractivity contribution in [3.05, 3.63) is 42.5 Å². The lowest BCUT2D eigenvalue weighted by Crippen LogP contribution is -2.32. The molecule has 0 aliphatic carbocycles. The molecule has 4 N–H and O–H groups in total. The van der Waals surface area contributed by atoms with Crippen LogP contribution in [0, 0.1) is 0 Å². The van der Waals surface area contributed by atoms with Crippen LogP contribution in [0.25, 0.3) is 5.69 Å². The normalized spacial score (nSPS) is 12.3. The summed E-state index contributed by atoms with van der Waals surface area (Å²) in [6.45, 7) is 0. The monoisotopic (exact) mass is 247 g/mol. The maximum atomic E-state index is 10.7. The molecular formula is C12H13N3O3. The third-order valence-corrected chi connectivity index (χ3v) is 2.60. The fourth-order valence-corrected chi connectivity index (χ4v) is 1.65. The number of aliphatic carboxylic acids is 1. The van der Waals surface area contributed by atoms with Gasteiger partial charge in [0.25, 0.3) is 0 Å². The average molecular weight is 247 g/mol. The zero-order valence-corrected chi connectivity index (χ0v) is 9.52. The number of phenols is 1. The Morgan fingerprint density at radius 3 is 2.89 bits per heavy atom. The molecule has 1 aromatic carbocycles. The zero-order valence-electron chi connectivity index (χ0n) is 9.52. The van der Waals surface area contributed by atoms with E-state index in [1.54, 1.807) is 35.4 Å². The van der Waals surface area contributed by atoms with Crippen molar-refractivity contribution >= 4 is 5.97 Å². The van der Waals surface area contributed by atoms with E-state index in [0.717, 1.165) is 5.56 Å². The summed E-state index contributed by atoms with van der Waals surface area (Å²) in [5.74, 6) is -0.951. The van der Waals surface area contributed by atoms with Crippen LogP contribution in [0.15, 0.2) is 36.9 Å². The van der Waals surface area contributed by atoms with Crippen LogP contribution in [0.2, 0.25) is 0 Å². The first-order chi connectivity index (χ1) is 8.58. The number of aromatic hydroxyl groups is 1. The van der Waals surface area contributed by atoms with Gasteiger partial charge in [0.15, 0.2) is 0 Å². The lowest BCUT2D eigenvalue weighted by molar-refractivity contribution is -0.138. The standard InChI is InChI=1S/C12H13N3O3/c13-9(12(17)18)5-8-1-2-11(16)10(6-8)15-4-3-14-7-15/h1-4,6-7,9,16H,5,13H2,(H,17,18). The Morgan fingerprint density at radius 1 is 1.50 bits per heavy atom. The molecule has 1 heterocycles. The summed E-state index contributed by atoms with van der Waals surface area (Å²) in [6.07, 6.45) is 5.04. The van der Waals surface area contributed by atoms with Crippen molar-refractivity contribution in [3.63, 3.8) is 0 Å². The maximum Gasteiger partial charge on any atom is 0.320 e. The van der Waals surface area contributed by atoms with Gasteiger partial charge in [-0.25, -0.2) is 4.98 Å². The Hall–Kier alpha value is -2.34. The quantitative estimate of drug-likeness (QED) is 0.731. The van der Waals surface area contributed by atoms with Crippen molar-refractivity contribution in [3.8, 4) is 11.4 Å². The molecule has 2 rings (SSSR count). The third-order valence-electron chi connectivity index (χ3n) is 2.60. The van der Waals surface area contributed by atoms with Gasteiger partial charge in [0.05, 0.1) is 12.0 Å². The predicted molar refractivity (Wildman–Crippen MR) is 64.5 cm³/mol. The van der Waals surface area contributed by atoms with E-state index < -0.39 is 12.0 Å². The lowest BCUT2D eigenvalue weighted by Gasteiger charge is -2.10. The van der Waals surface area contributed by atoms with Gasteiger partial charge in [0, 0.05) is 12.4 Å². The number of benzene rings is 1. The molecule has 18 heavy (non-hydrogen) atoms. The number of hydrogen-bond donors (Lipinski definition) is 3. The first-order valence-corrected chi connectivity index (χ1v) is 5.36. The highest BCUT2D eigenvalue weighted by molar-refractivity contribution is 5.73. The molecule has 0 radical (unpaired) electrons. The fourth-order valence-electron chi connectivity index (χ4n) is 1.65. The van der Waals surface area contributed by atoms with Gasteiger partial charge in [-0.3, -0.25) is 4.79 Å². The minimum Gasteiger partial charge on any atom is -0.506 e. The van der Waals surface area contributed by atoms with Crippen molar-refractivity contribution in [1.29, 1.82) is 0 Å². The van der Waals surface area contributed by atoms with Gasteiger partial charge in [-0.2, -0.15) is 0 Å². The zero-order chi connectivity index (χ0) is 13.1. The molecule has 0 aliphatic heterocycles. The molecule has 1 unspecified atom stereocenters. The predicted octanol–water partition coefficient (Wildman–Crippen LogP) is 0.532. The second-order valence-corrected chi connectivity index (χ2v) is 3.94. The van der Waals surface area contributed by atoms with Gasteiger partial charge in [0.2, 0.25) is 0 Å². The number of carboxylic acid groups (broad SMARTS) is 1. The number of nitrogens with zero attached hydrogens (tertiary/aromatic N) is 2. The summed E-state index contributed by atoms with van der Waals surface area (Å²) in [6, 6.07) is 3.91. The molecule has 0 spiro atoms. The van der Waals surface area contributed by atoms with Crippen LogP contribution in [-0.4, -0.2) is 31.8 Å². The Labute approximate surface area is 103 Å². The topological polar surface area (TPSA) is 101 Å². The molecule has 0 saturated heterocycles. The Morgan fingerprint density at radius 2 is 2.28 bits per heavy atom. The minimum atomic E-state index is -1.05. The van der Waals surface area contributed by atoms with E-state index in [-0.39, 0.29) is 12.2 Å². The van der Waals surface area contributed by atoms with E-state index in [9.17, 15) is 9.90 Å². The first-order valence-electron chi connectivity index (χ1n) is 5.36. The van der Waals surface area contributed by atoms with E-state index in [0.29, 0.717) is 5.69 Å². The van der Waals surface area contributed by atoms with Crippen LogP contribution in [-0.2, 0) is 11.2 Å². The molecule has 6 heteroatoms. The van der Waals surface area contributed by atoms with Crippen molar-refractivity contribution < 1.29 is 15.0 Å². The largest absolute Gasteiger partial charge is 0.506 e. The number of hydrogen-bond acceptors (Lipinski definition) is 4. The van der Waals surface area contributed by atoms with Crippen LogP contribution in [0.4, 0.5) is 0 Å². The number of carboxylic acids is 1. The molecule has 0 aliphatic rings. The summed E-state index contributed by atoms with van der Waals surface area (Å²) in [5, 5.41) is 18.5. The number of carbonyl (C=O) groups is 1. The number of aromatic nitrogens is 2. The van der Waals surface area contributed by atoms with Crippen LogP contribution >= 0.6 is 0 Å². The number of nitrogens with two attached hydrogens (primary N) is 1.